The van der Waals surface area contributed by atoms with E-state index in [2.05, 4.69) is 20.9 Å². The molecule has 0 aliphatic carbocycles. The Balaban J connectivity index is 2.59. The maximum Gasteiger partial charge on any atom is 0.0541 e. The smallest absolute Gasteiger partial charge is 0.0541 e. The molecule has 1 N–H and O–H groups in total. The van der Waals surface area contributed by atoms with Crippen molar-refractivity contribution in [1.82, 2.24) is 4.98 Å². The van der Waals surface area contributed by atoms with E-state index >= 15 is 0 Å². The molecule has 2 nitrogen and oxygen atoms in total. The van der Waals surface area contributed by atoms with E-state index in [1.165, 1.54) is 0 Å². The molecule has 0 fully saturated rings. The van der Waals surface area contributed by atoms with Gasteiger partial charge in [0.2, 0.25) is 0 Å². The van der Waals surface area contributed by atoms with Crippen LogP contribution in [-0.2, 0) is 6.42 Å². The summed E-state index contributed by atoms with van der Waals surface area (Å²) in [7, 11) is 0. The number of hydrogen-bond donors (Lipinski definition) is 1. The maximum atomic E-state index is 9.30. The van der Waals surface area contributed by atoms with Gasteiger partial charge in [-0.15, -0.1) is 0 Å². The van der Waals surface area contributed by atoms with Crippen molar-refractivity contribution in [2.75, 3.05) is 0 Å². The highest BCUT2D eigenvalue weighted by Crippen LogP contribution is 2.12. The topological polar surface area (TPSA) is 33.1 Å². The number of nitrogens with zero attached hydrogens (tertiary/aromatic N) is 1. The van der Waals surface area contributed by atoms with Gasteiger partial charge in [0.25, 0.3) is 0 Å². The molecule has 3 heteroatoms. The fourth-order valence-electron chi connectivity index (χ4n) is 1.03. The van der Waals surface area contributed by atoms with Gasteiger partial charge in [-0.25, -0.2) is 0 Å². The number of hydrogen-bond acceptors (Lipinski definition) is 2. The molecule has 13 heavy (non-hydrogen) atoms. The van der Waals surface area contributed by atoms with Crippen LogP contribution in [0.2, 0.25) is 0 Å². The lowest BCUT2D eigenvalue weighted by atomic mass is 10.00. The predicted molar refractivity (Wildman–Crippen MR) is 56.5 cm³/mol. The summed E-state index contributed by atoms with van der Waals surface area (Å²) in [5, 5.41) is 9.30. The molecule has 0 aromatic carbocycles. The molecular formula is C10H14BrNO. The average Bonchev–Trinajstić information content (AvgIpc) is 2.08. The van der Waals surface area contributed by atoms with Gasteiger partial charge in [0.15, 0.2) is 0 Å². The lowest BCUT2D eigenvalue weighted by Crippen LogP contribution is -2.15. The third-order valence-corrected chi connectivity index (χ3v) is 2.61. The van der Waals surface area contributed by atoms with E-state index in [-0.39, 0.29) is 12.0 Å². The standard InChI is InChI=1S/C10H14BrNO/c1-7(8(2)13)5-10-4-3-9(11)6-12-10/h3-4,6-8,13H,5H2,1-2H3. The molecule has 2 atom stereocenters. The summed E-state index contributed by atoms with van der Waals surface area (Å²) in [6.07, 6.45) is 2.33. The van der Waals surface area contributed by atoms with E-state index in [0.717, 1.165) is 16.6 Å². The van der Waals surface area contributed by atoms with Crippen molar-refractivity contribution in [1.29, 1.82) is 0 Å². The van der Waals surface area contributed by atoms with Crippen molar-refractivity contribution < 1.29 is 5.11 Å². The van der Waals surface area contributed by atoms with Crippen LogP contribution in [-0.4, -0.2) is 16.2 Å². The largest absolute Gasteiger partial charge is 0.393 e. The Bertz CT molecular complexity index is 258. The Kier molecular flexibility index (Phi) is 3.88. The van der Waals surface area contributed by atoms with E-state index in [1.54, 1.807) is 6.20 Å². The normalized spacial score (nSPS) is 15.4. The predicted octanol–water partition coefficient (Wildman–Crippen LogP) is 2.40. The molecule has 0 bridgehead atoms. The number of halogens is 1. The van der Waals surface area contributed by atoms with Crippen LogP contribution in [0.3, 0.4) is 0 Å². The Morgan fingerprint density at radius 1 is 1.46 bits per heavy atom. The molecule has 1 rings (SSSR count). The fourth-order valence-corrected chi connectivity index (χ4v) is 1.26. The van der Waals surface area contributed by atoms with Gasteiger partial charge in [-0.3, -0.25) is 4.98 Å². The summed E-state index contributed by atoms with van der Waals surface area (Å²) < 4.78 is 0.987. The van der Waals surface area contributed by atoms with Crippen molar-refractivity contribution >= 4 is 15.9 Å². The van der Waals surface area contributed by atoms with E-state index in [0.29, 0.717) is 0 Å². The highest BCUT2D eigenvalue weighted by molar-refractivity contribution is 9.10. The first kappa shape index (κ1) is 10.7. The molecule has 0 saturated carbocycles. The van der Waals surface area contributed by atoms with Gasteiger partial charge in [-0.1, -0.05) is 6.92 Å². The van der Waals surface area contributed by atoms with Gasteiger partial charge in [0.1, 0.15) is 0 Å². The van der Waals surface area contributed by atoms with Crippen molar-refractivity contribution in [3.63, 3.8) is 0 Å². The van der Waals surface area contributed by atoms with Crippen molar-refractivity contribution in [2.45, 2.75) is 26.4 Å². The minimum atomic E-state index is -0.273. The quantitative estimate of drug-likeness (QED) is 0.885. The molecule has 72 valence electrons. The zero-order valence-corrected chi connectivity index (χ0v) is 9.45. The van der Waals surface area contributed by atoms with Crippen molar-refractivity contribution in [2.24, 2.45) is 5.92 Å². The first-order chi connectivity index (χ1) is 6.09. The molecule has 0 radical (unpaired) electrons. The van der Waals surface area contributed by atoms with Crippen LogP contribution in [0.5, 0.6) is 0 Å². The second kappa shape index (κ2) is 4.72. The number of pyridine rings is 1. The molecule has 0 aliphatic rings. The Labute approximate surface area is 87.1 Å². The number of aromatic nitrogens is 1. The third kappa shape index (κ3) is 3.44. The molecule has 1 heterocycles. The van der Waals surface area contributed by atoms with Crippen molar-refractivity contribution in [3.05, 3.63) is 28.5 Å². The van der Waals surface area contributed by atoms with Crippen LogP contribution >= 0.6 is 15.9 Å². The van der Waals surface area contributed by atoms with Gasteiger partial charge in [0, 0.05) is 16.4 Å². The molecule has 0 amide bonds. The Morgan fingerprint density at radius 3 is 2.62 bits per heavy atom. The first-order valence-corrected chi connectivity index (χ1v) is 5.17. The van der Waals surface area contributed by atoms with Gasteiger partial charge >= 0.3 is 0 Å². The summed E-state index contributed by atoms with van der Waals surface area (Å²) in [5.74, 6) is 0.258. The van der Waals surface area contributed by atoms with E-state index < -0.39 is 0 Å². The van der Waals surface area contributed by atoms with Crippen LogP contribution in [0.25, 0.3) is 0 Å². The van der Waals surface area contributed by atoms with Crippen molar-refractivity contribution in [3.8, 4) is 0 Å². The summed E-state index contributed by atoms with van der Waals surface area (Å²) in [6.45, 7) is 3.83. The molecule has 1 aromatic heterocycles. The molecule has 0 spiro atoms. The second-order valence-electron chi connectivity index (χ2n) is 3.39. The monoisotopic (exact) mass is 243 g/mol. The molecule has 1 aromatic rings. The van der Waals surface area contributed by atoms with E-state index in [1.807, 2.05) is 26.0 Å². The molecule has 2 unspecified atom stereocenters. The summed E-state index contributed by atoms with van der Waals surface area (Å²) >= 11 is 3.33. The van der Waals surface area contributed by atoms with Gasteiger partial charge in [0.05, 0.1) is 6.10 Å². The van der Waals surface area contributed by atoms with Crippen LogP contribution in [0.4, 0.5) is 0 Å². The van der Waals surface area contributed by atoms with Crippen LogP contribution < -0.4 is 0 Å². The highest BCUT2D eigenvalue weighted by atomic mass is 79.9. The van der Waals surface area contributed by atoms with Crippen LogP contribution in [0.15, 0.2) is 22.8 Å². The van der Waals surface area contributed by atoms with Gasteiger partial charge in [-0.2, -0.15) is 0 Å². The highest BCUT2D eigenvalue weighted by Gasteiger charge is 2.09. The van der Waals surface area contributed by atoms with Gasteiger partial charge in [-0.05, 0) is 47.3 Å². The summed E-state index contributed by atoms with van der Waals surface area (Å²) in [4.78, 5) is 4.24. The number of aliphatic hydroxyl groups excluding tert-OH is 1. The number of rotatable bonds is 3. The minimum absolute atomic E-state index is 0.258. The molecule has 0 saturated heterocycles. The Hall–Kier alpha value is -0.410. The summed E-state index contributed by atoms with van der Waals surface area (Å²) in [5.41, 5.74) is 1.02. The van der Waals surface area contributed by atoms with E-state index in [9.17, 15) is 5.11 Å². The number of aliphatic hydroxyl groups is 1. The van der Waals surface area contributed by atoms with Gasteiger partial charge < -0.3 is 5.11 Å². The summed E-state index contributed by atoms with van der Waals surface area (Å²) in [6, 6.07) is 3.94. The Morgan fingerprint density at radius 2 is 2.15 bits per heavy atom. The minimum Gasteiger partial charge on any atom is -0.393 e. The lowest BCUT2D eigenvalue weighted by Gasteiger charge is -2.13. The zero-order valence-electron chi connectivity index (χ0n) is 7.87. The second-order valence-corrected chi connectivity index (χ2v) is 4.31. The average molecular weight is 244 g/mol. The molecule has 0 aliphatic heterocycles. The first-order valence-electron chi connectivity index (χ1n) is 4.38. The van der Waals surface area contributed by atoms with E-state index in [4.69, 9.17) is 0 Å². The van der Waals surface area contributed by atoms with Crippen LogP contribution in [0, 0.1) is 5.92 Å². The fraction of sp³-hybridized carbons (Fsp3) is 0.500. The maximum absolute atomic E-state index is 9.30. The SMILES string of the molecule is CC(O)C(C)Cc1ccc(Br)cn1. The third-order valence-electron chi connectivity index (χ3n) is 2.14. The molecular weight excluding hydrogens is 230 g/mol. The zero-order chi connectivity index (χ0) is 9.84. The lowest BCUT2D eigenvalue weighted by molar-refractivity contribution is 0.134. The van der Waals surface area contributed by atoms with Crippen LogP contribution in [0.1, 0.15) is 19.5 Å².